The van der Waals surface area contributed by atoms with Gasteiger partial charge in [-0.25, -0.2) is 16.8 Å². The van der Waals surface area contributed by atoms with Gasteiger partial charge in [-0.3, -0.25) is 9.10 Å². The van der Waals surface area contributed by atoms with Crippen LogP contribution in [-0.4, -0.2) is 47.9 Å². The van der Waals surface area contributed by atoms with E-state index in [4.69, 9.17) is 4.74 Å². The van der Waals surface area contributed by atoms with Crippen LogP contribution >= 0.6 is 0 Å². The number of carbonyl (C=O) groups excluding carboxylic acids is 1. The van der Waals surface area contributed by atoms with Crippen LogP contribution in [0.4, 0.5) is 5.69 Å². The second kappa shape index (κ2) is 9.69. The van der Waals surface area contributed by atoms with E-state index in [0.29, 0.717) is 17.0 Å². The van der Waals surface area contributed by atoms with Crippen LogP contribution in [0.5, 0.6) is 5.75 Å². The van der Waals surface area contributed by atoms with E-state index in [0.717, 1.165) is 16.8 Å². The minimum Gasteiger partial charge on any atom is -0.491 e. The molecule has 0 radical (unpaired) electrons. The zero-order valence-corrected chi connectivity index (χ0v) is 19.8. The lowest BCUT2D eigenvalue weighted by atomic mass is 10.1. The van der Waals surface area contributed by atoms with Gasteiger partial charge in [-0.2, -0.15) is 0 Å². The number of nitrogens with zero attached hydrogens (tertiary/aromatic N) is 1. The molecular weight excluding hydrogens is 440 g/mol. The number of carbonyl (C=O) groups is 1. The van der Waals surface area contributed by atoms with Crippen molar-refractivity contribution in [1.82, 2.24) is 5.32 Å². The van der Waals surface area contributed by atoms with Gasteiger partial charge in [0.25, 0.3) is 0 Å². The van der Waals surface area contributed by atoms with E-state index in [1.54, 1.807) is 43.3 Å². The summed E-state index contributed by atoms with van der Waals surface area (Å²) in [6, 6.07) is 12.2. The van der Waals surface area contributed by atoms with Crippen LogP contribution in [0, 0.1) is 0 Å². The molecule has 0 heterocycles. The normalized spacial score (nSPS) is 13.0. The Bertz CT molecular complexity index is 1110. The fraction of sp³-hybridized carbons (Fsp3) is 0.381. The fourth-order valence-corrected chi connectivity index (χ4v) is 4.35. The number of benzene rings is 2. The minimum atomic E-state index is -3.71. The number of hydrogen-bond acceptors (Lipinski definition) is 6. The van der Waals surface area contributed by atoms with Crippen LogP contribution < -0.4 is 14.4 Å². The molecule has 0 aliphatic rings. The maximum absolute atomic E-state index is 12.6. The van der Waals surface area contributed by atoms with E-state index in [1.165, 1.54) is 12.1 Å². The average molecular weight is 469 g/mol. The van der Waals surface area contributed by atoms with Crippen LogP contribution in [0.25, 0.3) is 0 Å². The highest BCUT2D eigenvalue weighted by molar-refractivity contribution is 7.92. The lowest BCUT2D eigenvalue weighted by Gasteiger charge is -2.23. The number of amides is 1. The van der Waals surface area contributed by atoms with Crippen molar-refractivity contribution < 1.29 is 26.4 Å². The van der Waals surface area contributed by atoms with E-state index < -0.39 is 38.4 Å². The molecule has 0 spiro atoms. The molecule has 0 bridgehead atoms. The molecule has 31 heavy (non-hydrogen) atoms. The molecule has 0 unspecified atom stereocenters. The first-order valence-corrected chi connectivity index (χ1v) is 13.3. The Kier molecular flexibility index (Phi) is 7.72. The summed E-state index contributed by atoms with van der Waals surface area (Å²) >= 11 is 0. The van der Waals surface area contributed by atoms with Gasteiger partial charge in [0.1, 0.15) is 12.3 Å². The van der Waals surface area contributed by atoms with Gasteiger partial charge in [0, 0.05) is 6.26 Å². The summed E-state index contributed by atoms with van der Waals surface area (Å²) in [6.07, 6.45) is 2.14. The minimum absolute atomic E-state index is 0.0179. The topological polar surface area (TPSA) is 110 Å². The SMILES string of the molecule is CC(C)Oc1ccc(N(CC(=O)N[C@@H](C)c2ccc(S(C)(=O)=O)cc2)S(C)(=O)=O)cc1. The first-order chi connectivity index (χ1) is 14.3. The first-order valence-electron chi connectivity index (χ1n) is 9.61. The summed E-state index contributed by atoms with van der Waals surface area (Å²) < 4.78 is 54.3. The quantitative estimate of drug-likeness (QED) is 0.606. The van der Waals surface area contributed by atoms with Crippen LogP contribution in [0.15, 0.2) is 53.4 Å². The Balaban J connectivity index is 2.12. The summed E-state index contributed by atoms with van der Waals surface area (Å²) in [4.78, 5) is 12.7. The second-order valence-corrected chi connectivity index (χ2v) is 11.5. The lowest BCUT2D eigenvalue weighted by Crippen LogP contribution is -2.41. The molecule has 170 valence electrons. The Labute approximate surface area is 184 Å². The molecule has 0 saturated carbocycles. The highest BCUT2D eigenvalue weighted by atomic mass is 32.2. The van der Waals surface area contributed by atoms with E-state index >= 15 is 0 Å². The molecule has 0 aliphatic heterocycles. The number of anilines is 1. The zero-order valence-electron chi connectivity index (χ0n) is 18.2. The van der Waals surface area contributed by atoms with E-state index in [-0.39, 0.29) is 11.0 Å². The summed E-state index contributed by atoms with van der Waals surface area (Å²) in [5.41, 5.74) is 1.04. The molecule has 1 atom stereocenters. The third-order valence-corrected chi connectivity index (χ3v) is 6.64. The highest BCUT2D eigenvalue weighted by Crippen LogP contribution is 2.22. The monoisotopic (exact) mass is 468 g/mol. The average Bonchev–Trinajstić information content (AvgIpc) is 2.65. The molecule has 0 aliphatic carbocycles. The maximum atomic E-state index is 12.6. The van der Waals surface area contributed by atoms with Gasteiger partial charge in [-0.05, 0) is 62.7 Å². The van der Waals surface area contributed by atoms with Gasteiger partial charge in [-0.1, -0.05) is 12.1 Å². The van der Waals surface area contributed by atoms with Gasteiger partial charge in [0.15, 0.2) is 9.84 Å². The molecule has 10 heteroatoms. The van der Waals surface area contributed by atoms with Gasteiger partial charge >= 0.3 is 0 Å². The van der Waals surface area contributed by atoms with Crippen molar-refractivity contribution in [1.29, 1.82) is 0 Å². The van der Waals surface area contributed by atoms with Crippen molar-refractivity contribution in [3.05, 3.63) is 54.1 Å². The van der Waals surface area contributed by atoms with Gasteiger partial charge in [-0.15, -0.1) is 0 Å². The number of hydrogen-bond donors (Lipinski definition) is 1. The molecule has 0 fully saturated rings. The summed E-state index contributed by atoms with van der Waals surface area (Å²) in [5, 5.41) is 2.75. The van der Waals surface area contributed by atoms with E-state index in [2.05, 4.69) is 5.32 Å². The number of sulfone groups is 1. The highest BCUT2D eigenvalue weighted by Gasteiger charge is 2.22. The van der Waals surface area contributed by atoms with Gasteiger partial charge in [0.2, 0.25) is 15.9 Å². The zero-order chi connectivity index (χ0) is 23.4. The number of nitrogens with one attached hydrogen (secondary N) is 1. The first kappa shape index (κ1) is 24.7. The Hall–Kier alpha value is -2.59. The predicted octanol–water partition coefficient (Wildman–Crippen LogP) is 2.52. The number of sulfonamides is 1. The van der Waals surface area contributed by atoms with E-state index in [9.17, 15) is 21.6 Å². The van der Waals surface area contributed by atoms with Crippen molar-refractivity contribution in [3.8, 4) is 5.75 Å². The standard InChI is InChI=1S/C21H28N2O6S2/c1-15(2)29-19-10-8-18(9-11-19)23(31(5,27)28)14-21(24)22-16(3)17-6-12-20(13-7-17)30(4,25)26/h6-13,15-16H,14H2,1-5H3,(H,22,24)/t16-/m0/s1. The Morgan fingerprint density at radius 1 is 0.935 bits per heavy atom. The van der Waals surface area contributed by atoms with E-state index in [1.807, 2.05) is 13.8 Å². The van der Waals surface area contributed by atoms with Gasteiger partial charge < -0.3 is 10.1 Å². The van der Waals surface area contributed by atoms with Crippen molar-refractivity contribution in [2.75, 3.05) is 23.4 Å². The molecule has 8 nitrogen and oxygen atoms in total. The molecule has 0 aromatic heterocycles. The Morgan fingerprint density at radius 2 is 1.48 bits per heavy atom. The number of ether oxygens (including phenoxy) is 1. The van der Waals surface area contributed by atoms with Gasteiger partial charge in [0.05, 0.1) is 29.0 Å². The smallest absolute Gasteiger partial charge is 0.241 e. The molecule has 0 saturated heterocycles. The maximum Gasteiger partial charge on any atom is 0.241 e. The summed E-state index contributed by atoms with van der Waals surface area (Å²) in [5.74, 6) is 0.107. The van der Waals surface area contributed by atoms with Crippen LogP contribution in [0.1, 0.15) is 32.4 Å². The van der Waals surface area contributed by atoms with Crippen molar-refractivity contribution in [3.63, 3.8) is 0 Å². The molecule has 2 aromatic rings. The molecule has 1 amide bonds. The molecule has 2 rings (SSSR count). The largest absolute Gasteiger partial charge is 0.491 e. The number of rotatable bonds is 9. The predicted molar refractivity (Wildman–Crippen MR) is 121 cm³/mol. The second-order valence-electron chi connectivity index (χ2n) is 7.56. The van der Waals surface area contributed by atoms with Crippen molar-refractivity contribution >= 4 is 31.5 Å². The van der Waals surface area contributed by atoms with Crippen LogP contribution in [0.2, 0.25) is 0 Å². The fourth-order valence-electron chi connectivity index (χ4n) is 2.87. The van der Waals surface area contributed by atoms with Crippen molar-refractivity contribution in [2.24, 2.45) is 0 Å². The molecular formula is C21H28N2O6S2. The van der Waals surface area contributed by atoms with Crippen LogP contribution in [-0.2, 0) is 24.7 Å². The van der Waals surface area contributed by atoms with Crippen molar-refractivity contribution in [2.45, 2.75) is 37.8 Å². The third kappa shape index (κ3) is 7.25. The summed E-state index contributed by atoms with van der Waals surface area (Å²) in [7, 11) is -7.02. The third-order valence-electron chi connectivity index (χ3n) is 4.37. The Morgan fingerprint density at radius 3 is 1.94 bits per heavy atom. The molecule has 1 N–H and O–H groups in total. The van der Waals surface area contributed by atoms with Crippen LogP contribution in [0.3, 0.4) is 0 Å². The molecule has 2 aromatic carbocycles. The summed E-state index contributed by atoms with van der Waals surface area (Å²) in [6.45, 7) is 5.11. The lowest BCUT2D eigenvalue weighted by molar-refractivity contribution is -0.120.